The summed E-state index contributed by atoms with van der Waals surface area (Å²) in [5.74, 6) is -0.610. The van der Waals surface area contributed by atoms with E-state index in [1.807, 2.05) is 0 Å². The van der Waals surface area contributed by atoms with Gasteiger partial charge in [-0.2, -0.15) is 0 Å². The van der Waals surface area contributed by atoms with Gasteiger partial charge in [0, 0.05) is 20.3 Å². The highest BCUT2D eigenvalue weighted by atomic mass is 35.5. The van der Waals surface area contributed by atoms with Gasteiger partial charge in [-0.3, -0.25) is 9.59 Å². The Morgan fingerprint density at radius 3 is 2.38 bits per heavy atom. The summed E-state index contributed by atoms with van der Waals surface area (Å²) in [7, 11) is 1.61. The maximum Gasteiger partial charge on any atom is 0.257 e. The zero-order chi connectivity index (χ0) is 17.4. The Hall–Kier alpha value is -2.37. The number of benzene rings is 2. The summed E-state index contributed by atoms with van der Waals surface area (Å²) in [6.45, 7) is 1.07. The topological polar surface area (TPSA) is 67.4 Å². The van der Waals surface area contributed by atoms with Crippen LogP contribution in [0.25, 0.3) is 0 Å². The van der Waals surface area contributed by atoms with Crippen LogP contribution in [-0.2, 0) is 4.74 Å². The fourth-order valence-electron chi connectivity index (χ4n) is 2.14. The van der Waals surface area contributed by atoms with Gasteiger partial charge in [-0.15, -0.1) is 0 Å². The summed E-state index contributed by atoms with van der Waals surface area (Å²) in [5.41, 5.74) is 1.19. The van der Waals surface area contributed by atoms with E-state index in [0.717, 1.165) is 6.42 Å². The minimum Gasteiger partial charge on any atom is -0.385 e. The van der Waals surface area contributed by atoms with Crippen molar-refractivity contribution >= 4 is 29.1 Å². The van der Waals surface area contributed by atoms with Crippen LogP contribution in [0.5, 0.6) is 0 Å². The number of nitrogens with one attached hydrogen (secondary N) is 2. The number of amides is 2. The summed E-state index contributed by atoms with van der Waals surface area (Å²) in [4.78, 5) is 24.6. The van der Waals surface area contributed by atoms with Crippen molar-refractivity contribution in [1.29, 1.82) is 0 Å². The minimum absolute atomic E-state index is 0.249. The summed E-state index contributed by atoms with van der Waals surface area (Å²) >= 11 is 6.03. The molecule has 0 saturated heterocycles. The van der Waals surface area contributed by atoms with E-state index >= 15 is 0 Å². The summed E-state index contributed by atoms with van der Waals surface area (Å²) < 4.78 is 4.95. The van der Waals surface area contributed by atoms with E-state index in [1.54, 1.807) is 55.6 Å². The van der Waals surface area contributed by atoms with Crippen LogP contribution in [0.4, 0.5) is 5.69 Å². The zero-order valence-electron chi connectivity index (χ0n) is 13.3. The van der Waals surface area contributed by atoms with Crippen LogP contribution >= 0.6 is 11.6 Å². The van der Waals surface area contributed by atoms with Gasteiger partial charge in [0.2, 0.25) is 0 Å². The smallest absolute Gasteiger partial charge is 0.257 e. The van der Waals surface area contributed by atoms with E-state index in [0.29, 0.717) is 35.0 Å². The van der Waals surface area contributed by atoms with Gasteiger partial charge in [0.05, 0.1) is 21.8 Å². The molecular formula is C18H19ClN2O3. The van der Waals surface area contributed by atoms with Crippen LogP contribution in [0.15, 0.2) is 48.5 Å². The van der Waals surface area contributed by atoms with Crippen molar-refractivity contribution in [2.75, 3.05) is 25.6 Å². The van der Waals surface area contributed by atoms with Crippen LogP contribution in [0, 0.1) is 0 Å². The molecule has 2 amide bonds. The summed E-state index contributed by atoms with van der Waals surface area (Å²) in [6.07, 6.45) is 0.719. The first-order valence-electron chi connectivity index (χ1n) is 7.55. The highest BCUT2D eigenvalue weighted by Gasteiger charge is 2.15. The molecule has 0 aliphatic rings. The third-order valence-electron chi connectivity index (χ3n) is 3.35. The van der Waals surface area contributed by atoms with Gasteiger partial charge in [0.1, 0.15) is 0 Å². The molecule has 6 heteroatoms. The highest BCUT2D eigenvalue weighted by molar-refractivity contribution is 6.34. The lowest BCUT2D eigenvalue weighted by Crippen LogP contribution is -2.26. The average Bonchev–Trinajstić information content (AvgIpc) is 2.59. The molecule has 0 atom stereocenters. The second kappa shape index (κ2) is 9.05. The van der Waals surface area contributed by atoms with Crippen molar-refractivity contribution < 1.29 is 14.3 Å². The number of carbonyl (C=O) groups excluding carboxylic acids is 2. The first-order valence-corrected chi connectivity index (χ1v) is 7.93. The van der Waals surface area contributed by atoms with Crippen molar-refractivity contribution in [1.82, 2.24) is 5.32 Å². The molecule has 0 aliphatic heterocycles. The second-order valence-electron chi connectivity index (χ2n) is 5.08. The summed E-state index contributed by atoms with van der Waals surface area (Å²) in [5, 5.41) is 5.90. The molecule has 0 heterocycles. The van der Waals surface area contributed by atoms with Gasteiger partial charge in [-0.05, 0) is 30.7 Å². The van der Waals surface area contributed by atoms with Crippen molar-refractivity contribution in [2.45, 2.75) is 6.42 Å². The van der Waals surface area contributed by atoms with Gasteiger partial charge in [0.25, 0.3) is 11.8 Å². The molecule has 2 aromatic rings. The number of halogens is 1. The molecule has 2 N–H and O–H groups in total. The van der Waals surface area contributed by atoms with Gasteiger partial charge in [-0.1, -0.05) is 35.9 Å². The number of methoxy groups -OCH3 is 1. The van der Waals surface area contributed by atoms with Crippen LogP contribution < -0.4 is 10.6 Å². The molecule has 2 aromatic carbocycles. The van der Waals surface area contributed by atoms with Crippen LogP contribution in [0.3, 0.4) is 0 Å². The Bertz CT molecular complexity index is 719. The fraction of sp³-hybridized carbons (Fsp3) is 0.222. The van der Waals surface area contributed by atoms with Crippen LogP contribution in [-0.4, -0.2) is 32.1 Å². The Morgan fingerprint density at radius 2 is 1.67 bits per heavy atom. The molecule has 24 heavy (non-hydrogen) atoms. The van der Waals surface area contributed by atoms with E-state index in [1.165, 1.54) is 0 Å². The molecular weight excluding hydrogens is 328 g/mol. The second-order valence-corrected chi connectivity index (χ2v) is 5.49. The largest absolute Gasteiger partial charge is 0.385 e. The SMILES string of the molecule is COCCCNC(=O)c1ccccc1NC(=O)c1ccccc1Cl. The molecule has 0 bridgehead atoms. The normalized spacial score (nSPS) is 10.2. The molecule has 5 nitrogen and oxygen atoms in total. The number of hydrogen-bond acceptors (Lipinski definition) is 3. The number of ether oxygens (including phenoxy) is 1. The number of anilines is 1. The van der Waals surface area contributed by atoms with Gasteiger partial charge in [-0.25, -0.2) is 0 Å². The zero-order valence-corrected chi connectivity index (χ0v) is 14.1. The Balaban J connectivity index is 2.10. The number of carbonyl (C=O) groups is 2. The predicted octanol–water partition coefficient (Wildman–Crippen LogP) is 3.36. The van der Waals surface area contributed by atoms with Crippen molar-refractivity contribution in [3.8, 4) is 0 Å². The lowest BCUT2D eigenvalue weighted by molar-refractivity contribution is 0.0949. The van der Waals surface area contributed by atoms with E-state index < -0.39 is 0 Å². The quantitative estimate of drug-likeness (QED) is 0.755. The maximum absolute atomic E-state index is 12.4. The van der Waals surface area contributed by atoms with Crippen molar-refractivity contribution in [3.63, 3.8) is 0 Å². The first kappa shape index (κ1) is 18.0. The molecule has 0 fully saturated rings. The van der Waals surface area contributed by atoms with E-state index in [-0.39, 0.29) is 11.8 Å². The Labute approximate surface area is 146 Å². The van der Waals surface area contributed by atoms with Gasteiger partial charge >= 0.3 is 0 Å². The third kappa shape index (κ3) is 4.81. The lowest BCUT2D eigenvalue weighted by Gasteiger charge is -2.12. The molecule has 126 valence electrons. The van der Waals surface area contributed by atoms with Gasteiger partial charge < -0.3 is 15.4 Å². The molecule has 0 aromatic heterocycles. The number of hydrogen-bond donors (Lipinski definition) is 2. The van der Waals surface area contributed by atoms with Crippen molar-refractivity contribution in [2.24, 2.45) is 0 Å². The maximum atomic E-state index is 12.4. The Morgan fingerprint density at radius 1 is 1.00 bits per heavy atom. The Kier molecular flexibility index (Phi) is 6.78. The standard InChI is InChI=1S/C18H19ClN2O3/c1-24-12-6-11-20-17(22)14-8-3-5-10-16(14)21-18(23)13-7-2-4-9-15(13)19/h2-5,7-10H,6,11-12H2,1H3,(H,20,22)(H,21,23). The molecule has 0 saturated carbocycles. The lowest BCUT2D eigenvalue weighted by atomic mass is 10.1. The average molecular weight is 347 g/mol. The third-order valence-corrected chi connectivity index (χ3v) is 3.68. The molecule has 2 rings (SSSR count). The number of para-hydroxylation sites is 1. The van der Waals surface area contributed by atoms with E-state index in [2.05, 4.69) is 10.6 Å². The molecule has 0 radical (unpaired) electrons. The van der Waals surface area contributed by atoms with Crippen LogP contribution in [0.2, 0.25) is 5.02 Å². The fourth-order valence-corrected chi connectivity index (χ4v) is 2.36. The van der Waals surface area contributed by atoms with Crippen LogP contribution in [0.1, 0.15) is 27.1 Å². The minimum atomic E-state index is -0.361. The molecule has 0 spiro atoms. The van der Waals surface area contributed by atoms with E-state index in [4.69, 9.17) is 16.3 Å². The van der Waals surface area contributed by atoms with E-state index in [9.17, 15) is 9.59 Å². The number of rotatable bonds is 7. The summed E-state index contributed by atoms with van der Waals surface area (Å²) in [6, 6.07) is 13.6. The molecule has 0 unspecified atom stereocenters. The highest BCUT2D eigenvalue weighted by Crippen LogP contribution is 2.19. The van der Waals surface area contributed by atoms with Gasteiger partial charge in [0.15, 0.2) is 0 Å². The monoisotopic (exact) mass is 346 g/mol. The van der Waals surface area contributed by atoms with Crippen molar-refractivity contribution in [3.05, 3.63) is 64.7 Å². The first-order chi connectivity index (χ1) is 11.6. The predicted molar refractivity (Wildman–Crippen MR) is 94.7 cm³/mol. The molecule has 0 aliphatic carbocycles.